The van der Waals surface area contributed by atoms with Gasteiger partial charge >= 0.3 is 6.09 Å². The van der Waals surface area contributed by atoms with Crippen LogP contribution in [0.2, 0.25) is 5.28 Å². The number of halogens is 1. The predicted octanol–water partition coefficient (Wildman–Crippen LogP) is 4.08. The first-order valence-corrected chi connectivity index (χ1v) is 7.68. The molecule has 0 bridgehead atoms. The third-order valence-corrected chi connectivity index (χ3v) is 3.21. The topological polar surface area (TPSA) is 84.0 Å². The fraction of sp³-hybridized carbons (Fsp3) is 0.250. The number of carbonyl (C=O) groups is 1. The van der Waals surface area contributed by atoms with Gasteiger partial charge in [0.1, 0.15) is 11.1 Å². The highest BCUT2D eigenvalue weighted by Crippen LogP contribution is 2.31. The highest BCUT2D eigenvalue weighted by Gasteiger charge is 2.28. The normalized spacial score (nSPS) is 11.5. The molecule has 124 valence electrons. The summed E-state index contributed by atoms with van der Waals surface area (Å²) in [6.07, 6.45) is 0.900. The Kier molecular flexibility index (Phi) is 4.11. The fourth-order valence-corrected chi connectivity index (χ4v) is 2.31. The van der Waals surface area contributed by atoms with Crippen molar-refractivity contribution in [3.05, 3.63) is 41.9 Å². The average Bonchev–Trinajstić information content (AvgIpc) is 2.94. The number of aromatic amines is 1. The highest BCUT2D eigenvalue weighted by atomic mass is 35.5. The molecule has 3 rings (SSSR count). The molecular weight excluding hydrogens is 330 g/mol. The smallest absolute Gasteiger partial charge is 0.420 e. The molecule has 2 heterocycles. The van der Waals surface area contributed by atoms with Crippen LogP contribution in [0.1, 0.15) is 20.8 Å². The van der Waals surface area contributed by atoms with Crippen LogP contribution in [-0.2, 0) is 4.74 Å². The molecule has 1 amide bonds. The van der Waals surface area contributed by atoms with Crippen LogP contribution in [-0.4, -0.2) is 31.6 Å². The molecule has 0 fully saturated rings. The monoisotopic (exact) mass is 345 g/mol. The molecule has 8 heteroatoms. The van der Waals surface area contributed by atoms with E-state index < -0.39 is 11.7 Å². The SMILES string of the molecule is CC(C)(C)OC(=O)N(c1ccccc1)c1nc(Cl)nc2nc[nH]c12. The summed E-state index contributed by atoms with van der Waals surface area (Å²) in [4.78, 5) is 29.4. The van der Waals surface area contributed by atoms with Gasteiger partial charge in [0.25, 0.3) is 0 Å². The van der Waals surface area contributed by atoms with Crippen LogP contribution in [0.5, 0.6) is 0 Å². The maximum absolute atomic E-state index is 12.8. The van der Waals surface area contributed by atoms with E-state index in [0.717, 1.165) is 0 Å². The molecule has 0 unspecified atom stereocenters. The highest BCUT2D eigenvalue weighted by molar-refractivity contribution is 6.28. The Balaban J connectivity index is 2.17. The molecule has 1 aromatic carbocycles. The van der Waals surface area contributed by atoms with Gasteiger partial charge in [0.05, 0.1) is 12.0 Å². The molecule has 0 saturated carbocycles. The summed E-state index contributed by atoms with van der Waals surface area (Å²) in [5.74, 6) is 0.281. The number of fused-ring (bicyclic) bond motifs is 1. The van der Waals surface area contributed by atoms with Crippen molar-refractivity contribution in [1.82, 2.24) is 19.9 Å². The summed E-state index contributed by atoms with van der Waals surface area (Å²) in [6, 6.07) is 9.05. The van der Waals surface area contributed by atoms with Gasteiger partial charge in [-0.15, -0.1) is 0 Å². The summed E-state index contributed by atoms with van der Waals surface area (Å²) >= 11 is 6.00. The van der Waals surface area contributed by atoms with Crippen LogP contribution in [0, 0.1) is 0 Å². The van der Waals surface area contributed by atoms with E-state index in [-0.39, 0.29) is 11.1 Å². The first-order chi connectivity index (χ1) is 11.3. The molecule has 0 atom stereocenters. The number of H-pyrrole nitrogens is 1. The summed E-state index contributed by atoms with van der Waals surface area (Å²) in [5.41, 5.74) is 0.801. The van der Waals surface area contributed by atoms with Gasteiger partial charge in [-0.2, -0.15) is 9.97 Å². The Morgan fingerprint density at radius 3 is 2.58 bits per heavy atom. The number of nitrogens with zero attached hydrogens (tertiary/aromatic N) is 4. The van der Waals surface area contributed by atoms with E-state index in [1.165, 1.54) is 11.2 Å². The van der Waals surface area contributed by atoms with Crippen LogP contribution >= 0.6 is 11.6 Å². The third kappa shape index (κ3) is 3.30. The van der Waals surface area contributed by atoms with E-state index in [4.69, 9.17) is 16.3 Å². The van der Waals surface area contributed by atoms with Gasteiger partial charge in [-0.05, 0) is 44.5 Å². The second kappa shape index (κ2) is 6.09. The van der Waals surface area contributed by atoms with Crippen molar-refractivity contribution < 1.29 is 9.53 Å². The zero-order valence-corrected chi connectivity index (χ0v) is 14.2. The Hall–Kier alpha value is -2.67. The molecule has 24 heavy (non-hydrogen) atoms. The lowest BCUT2D eigenvalue weighted by Crippen LogP contribution is -2.34. The lowest BCUT2D eigenvalue weighted by Gasteiger charge is -2.27. The number of para-hydroxylation sites is 1. The van der Waals surface area contributed by atoms with Gasteiger partial charge in [0, 0.05) is 0 Å². The van der Waals surface area contributed by atoms with E-state index >= 15 is 0 Å². The standard InChI is InChI=1S/C16H16ClN5O2/c1-16(2,3)24-15(23)22(10-7-5-4-6-8-10)13-11-12(19-9-18-11)20-14(17)21-13/h4-9H,1-3H3,(H,18,19,20,21). The summed E-state index contributed by atoms with van der Waals surface area (Å²) < 4.78 is 5.52. The Morgan fingerprint density at radius 1 is 1.21 bits per heavy atom. The van der Waals surface area contributed by atoms with Crippen LogP contribution < -0.4 is 4.90 Å². The van der Waals surface area contributed by atoms with Crippen molar-refractivity contribution in [2.24, 2.45) is 0 Å². The summed E-state index contributed by atoms with van der Waals surface area (Å²) in [6.45, 7) is 5.40. The minimum atomic E-state index is -0.659. The number of aromatic nitrogens is 4. The Bertz CT molecular complexity index is 873. The average molecular weight is 346 g/mol. The van der Waals surface area contributed by atoms with Crippen molar-refractivity contribution in [2.75, 3.05) is 4.90 Å². The molecule has 2 aromatic heterocycles. The largest absolute Gasteiger partial charge is 0.443 e. The number of benzene rings is 1. The van der Waals surface area contributed by atoms with Gasteiger partial charge in [0.2, 0.25) is 5.28 Å². The summed E-state index contributed by atoms with van der Waals surface area (Å²) in [5, 5.41) is -0.00547. The number of carbonyl (C=O) groups excluding carboxylic acids is 1. The Morgan fingerprint density at radius 2 is 1.92 bits per heavy atom. The van der Waals surface area contributed by atoms with Crippen molar-refractivity contribution in [3.8, 4) is 0 Å². The number of amides is 1. The molecule has 0 aliphatic carbocycles. The number of hydrogen-bond donors (Lipinski definition) is 1. The zero-order chi connectivity index (χ0) is 17.3. The maximum Gasteiger partial charge on any atom is 0.420 e. The van der Waals surface area contributed by atoms with Crippen LogP contribution in [0.3, 0.4) is 0 Å². The van der Waals surface area contributed by atoms with Gasteiger partial charge in [-0.3, -0.25) is 0 Å². The molecule has 0 radical (unpaired) electrons. The molecule has 0 saturated heterocycles. The summed E-state index contributed by atoms with van der Waals surface area (Å²) in [7, 11) is 0. The van der Waals surface area contributed by atoms with Crippen molar-refractivity contribution in [1.29, 1.82) is 0 Å². The fourth-order valence-electron chi connectivity index (χ4n) is 2.15. The molecule has 0 aliphatic heterocycles. The van der Waals surface area contributed by atoms with Gasteiger partial charge < -0.3 is 9.72 Å². The number of nitrogens with one attached hydrogen (secondary N) is 1. The van der Waals surface area contributed by atoms with E-state index in [1.807, 2.05) is 18.2 Å². The lowest BCUT2D eigenvalue weighted by molar-refractivity contribution is 0.0598. The van der Waals surface area contributed by atoms with Gasteiger partial charge in [0.15, 0.2) is 11.5 Å². The number of hydrogen-bond acceptors (Lipinski definition) is 5. The first kappa shape index (κ1) is 16.2. The number of anilines is 2. The number of imidazole rings is 1. The maximum atomic E-state index is 12.8. The molecular formula is C16H16ClN5O2. The molecule has 7 nitrogen and oxygen atoms in total. The zero-order valence-electron chi connectivity index (χ0n) is 13.4. The number of ether oxygens (including phenoxy) is 1. The molecule has 3 aromatic rings. The van der Waals surface area contributed by atoms with Crippen LogP contribution in [0.4, 0.5) is 16.3 Å². The quantitative estimate of drug-likeness (QED) is 0.707. The third-order valence-electron chi connectivity index (χ3n) is 3.04. The first-order valence-electron chi connectivity index (χ1n) is 7.30. The second-order valence-electron chi connectivity index (χ2n) is 6.07. The van der Waals surface area contributed by atoms with Crippen molar-refractivity contribution in [3.63, 3.8) is 0 Å². The van der Waals surface area contributed by atoms with Crippen LogP contribution in [0.25, 0.3) is 11.2 Å². The minimum Gasteiger partial charge on any atom is -0.443 e. The molecule has 1 N–H and O–H groups in total. The van der Waals surface area contributed by atoms with E-state index in [0.29, 0.717) is 16.9 Å². The molecule has 0 spiro atoms. The second-order valence-corrected chi connectivity index (χ2v) is 6.41. The van der Waals surface area contributed by atoms with Gasteiger partial charge in [-0.25, -0.2) is 14.7 Å². The van der Waals surface area contributed by atoms with E-state index in [2.05, 4.69) is 19.9 Å². The van der Waals surface area contributed by atoms with Crippen molar-refractivity contribution in [2.45, 2.75) is 26.4 Å². The lowest BCUT2D eigenvalue weighted by atomic mass is 10.2. The van der Waals surface area contributed by atoms with Crippen LogP contribution in [0.15, 0.2) is 36.7 Å². The number of rotatable bonds is 2. The van der Waals surface area contributed by atoms with E-state index in [9.17, 15) is 4.79 Å². The van der Waals surface area contributed by atoms with Gasteiger partial charge in [-0.1, -0.05) is 18.2 Å². The predicted molar refractivity (Wildman–Crippen MR) is 91.5 cm³/mol. The Labute approximate surface area is 143 Å². The van der Waals surface area contributed by atoms with Crippen molar-refractivity contribution >= 4 is 40.4 Å². The molecule has 0 aliphatic rings. The minimum absolute atomic E-state index is 0.00547. The van der Waals surface area contributed by atoms with E-state index in [1.54, 1.807) is 32.9 Å².